The van der Waals surface area contributed by atoms with E-state index in [1.807, 2.05) is 19.1 Å². The number of ether oxygens (including phenoxy) is 1. The predicted octanol–water partition coefficient (Wildman–Crippen LogP) is 3.52. The molecule has 0 spiro atoms. The molecule has 1 fully saturated rings. The highest BCUT2D eigenvalue weighted by Crippen LogP contribution is 2.34. The molecule has 0 saturated carbocycles. The number of nitrogens with two attached hydrogens (primary N) is 1. The van der Waals surface area contributed by atoms with Crippen molar-refractivity contribution in [2.24, 2.45) is 0 Å². The van der Waals surface area contributed by atoms with Crippen LogP contribution in [0.15, 0.2) is 30.3 Å². The van der Waals surface area contributed by atoms with Crippen molar-refractivity contribution < 1.29 is 9.53 Å². The van der Waals surface area contributed by atoms with Crippen LogP contribution in [0, 0.1) is 6.92 Å². The van der Waals surface area contributed by atoms with E-state index >= 15 is 0 Å². The second-order valence-corrected chi connectivity index (χ2v) is 8.82. The molecule has 29 heavy (non-hydrogen) atoms. The van der Waals surface area contributed by atoms with Crippen molar-refractivity contribution in [3.63, 3.8) is 0 Å². The van der Waals surface area contributed by atoms with Gasteiger partial charge in [0.1, 0.15) is 22.1 Å². The van der Waals surface area contributed by atoms with Crippen molar-refractivity contribution in [3.05, 3.63) is 46.5 Å². The number of benzene rings is 1. The number of carbonyl (C=O) groups excluding carboxylic acids is 1. The van der Waals surface area contributed by atoms with Crippen molar-refractivity contribution in [1.82, 2.24) is 10.3 Å². The van der Waals surface area contributed by atoms with Gasteiger partial charge in [0.25, 0.3) is 5.91 Å². The molecule has 1 amide bonds. The Hall–Kier alpha value is -2.80. The first-order valence-electron chi connectivity index (χ1n) is 10.1. The van der Waals surface area contributed by atoms with E-state index in [2.05, 4.69) is 33.4 Å². The monoisotopic (exact) mass is 408 g/mol. The van der Waals surface area contributed by atoms with Gasteiger partial charge >= 0.3 is 0 Å². The van der Waals surface area contributed by atoms with Crippen molar-refractivity contribution in [2.75, 3.05) is 30.3 Å². The molecule has 3 N–H and O–H groups in total. The van der Waals surface area contributed by atoms with Crippen LogP contribution < -0.4 is 20.7 Å². The van der Waals surface area contributed by atoms with E-state index < -0.39 is 0 Å². The van der Waals surface area contributed by atoms with Crippen molar-refractivity contribution in [2.45, 2.75) is 32.2 Å². The molecular weight excluding hydrogens is 384 g/mol. The number of pyridine rings is 1. The van der Waals surface area contributed by atoms with Crippen LogP contribution in [0.2, 0.25) is 0 Å². The molecule has 1 saturated heterocycles. The number of amides is 1. The Morgan fingerprint density at radius 2 is 2.10 bits per heavy atom. The Morgan fingerprint density at radius 3 is 2.93 bits per heavy atom. The van der Waals surface area contributed by atoms with E-state index in [1.165, 1.54) is 29.9 Å². The van der Waals surface area contributed by atoms with Crippen LogP contribution in [0.5, 0.6) is 5.75 Å². The van der Waals surface area contributed by atoms with Gasteiger partial charge in [-0.15, -0.1) is 11.3 Å². The van der Waals surface area contributed by atoms with Gasteiger partial charge < -0.3 is 20.7 Å². The van der Waals surface area contributed by atoms with Gasteiger partial charge in [0.15, 0.2) is 0 Å². The van der Waals surface area contributed by atoms with Crippen molar-refractivity contribution >= 4 is 38.8 Å². The lowest BCUT2D eigenvalue weighted by Crippen LogP contribution is -2.42. The Kier molecular flexibility index (Phi) is 4.54. The summed E-state index contributed by atoms with van der Waals surface area (Å²) in [6, 6.07) is 10.2. The zero-order valence-corrected chi connectivity index (χ0v) is 17.2. The van der Waals surface area contributed by atoms with Crippen LogP contribution in [0.4, 0.5) is 11.4 Å². The van der Waals surface area contributed by atoms with Gasteiger partial charge in [-0.25, -0.2) is 4.98 Å². The molecule has 1 atom stereocenters. The number of nitrogens with one attached hydrogen (secondary N) is 1. The van der Waals surface area contributed by atoms with Gasteiger partial charge in [-0.2, -0.15) is 0 Å². The minimum atomic E-state index is -0.158. The number of nitrogen functional groups attached to an aromatic ring is 1. The van der Waals surface area contributed by atoms with Crippen molar-refractivity contribution in [3.8, 4) is 5.75 Å². The molecule has 7 heteroatoms. The van der Waals surface area contributed by atoms with Gasteiger partial charge in [0.2, 0.25) is 0 Å². The zero-order chi connectivity index (χ0) is 20.0. The van der Waals surface area contributed by atoms with E-state index in [9.17, 15) is 4.79 Å². The standard InChI is InChI=1S/C22H24N4O2S/c1-13-4-7-17-19(23)20(29-22(17)24-13)21(27)25-15-10-14-5-6-16(11-18(14)28-12-15)26-8-2-3-9-26/h4-7,11,15H,2-3,8-10,12,23H2,1H3,(H,25,27)/t15-/m1/s1. The van der Waals surface area contributed by atoms with Crippen LogP contribution in [-0.2, 0) is 6.42 Å². The average Bonchev–Trinajstić information content (AvgIpc) is 3.36. The topological polar surface area (TPSA) is 80.5 Å². The van der Waals surface area contributed by atoms with E-state index in [-0.39, 0.29) is 11.9 Å². The van der Waals surface area contributed by atoms with Crippen LogP contribution >= 0.6 is 11.3 Å². The lowest BCUT2D eigenvalue weighted by atomic mass is 10.0. The lowest BCUT2D eigenvalue weighted by Gasteiger charge is -2.27. The summed E-state index contributed by atoms with van der Waals surface area (Å²) in [4.78, 5) is 21.1. The van der Waals surface area contributed by atoms with Gasteiger partial charge in [-0.05, 0) is 49.9 Å². The molecule has 150 valence electrons. The van der Waals surface area contributed by atoms with Gasteiger partial charge in [-0.1, -0.05) is 6.07 Å². The SMILES string of the molecule is Cc1ccc2c(N)c(C(=O)N[C@H]3COc4cc(N5CCCC5)ccc4C3)sc2n1. The number of nitrogens with zero attached hydrogens (tertiary/aromatic N) is 2. The molecule has 0 radical (unpaired) electrons. The number of hydrogen-bond donors (Lipinski definition) is 2. The third-order valence-corrected chi connectivity index (χ3v) is 6.82. The van der Waals surface area contributed by atoms with Crippen LogP contribution in [0.1, 0.15) is 33.8 Å². The summed E-state index contributed by atoms with van der Waals surface area (Å²) in [5.41, 5.74) is 9.99. The Bertz CT molecular complexity index is 1090. The van der Waals surface area contributed by atoms with Gasteiger partial charge in [0.05, 0.1) is 11.7 Å². The van der Waals surface area contributed by atoms with E-state index in [4.69, 9.17) is 10.5 Å². The number of fused-ring (bicyclic) bond motifs is 2. The van der Waals surface area contributed by atoms with Gasteiger partial charge in [-0.3, -0.25) is 4.79 Å². The average molecular weight is 409 g/mol. The third kappa shape index (κ3) is 3.40. The Balaban J connectivity index is 1.31. The summed E-state index contributed by atoms with van der Waals surface area (Å²) in [6.07, 6.45) is 3.26. The number of anilines is 2. The summed E-state index contributed by atoms with van der Waals surface area (Å²) in [5.74, 6) is 0.773. The highest BCUT2D eigenvalue weighted by Gasteiger charge is 2.25. The maximum atomic E-state index is 12.9. The molecule has 2 aromatic heterocycles. The number of hydrogen-bond acceptors (Lipinski definition) is 6. The zero-order valence-electron chi connectivity index (χ0n) is 16.4. The van der Waals surface area contributed by atoms with Gasteiger partial charge in [0, 0.05) is 35.9 Å². The molecule has 6 nitrogen and oxygen atoms in total. The van der Waals surface area contributed by atoms with E-state index in [0.29, 0.717) is 17.2 Å². The van der Waals surface area contributed by atoms with Crippen LogP contribution in [-0.4, -0.2) is 36.6 Å². The molecule has 0 aliphatic carbocycles. The Morgan fingerprint density at radius 1 is 1.28 bits per heavy atom. The van der Waals surface area contributed by atoms with E-state index in [0.717, 1.165) is 46.7 Å². The number of rotatable bonds is 3. The molecule has 4 heterocycles. The first-order chi connectivity index (χ1) is 14.1. The summed E-state index contributed by atoms with van der Waals surface area (Å²) < 4.78 is 6.00. The molecule has 5 rings (SSSR count). The highest BCUT2D eigenvalue weighted by atomic mass is 32.1. The van der Waals surface area contributed by atoms with Crippen LogP contribution in [0.25, 0.3) is 10.2 Å². The normalized spacial score (nSPS) is 18.5. The molecule has 0 bridgehead atoms. The maximum Gasteiger partial charge on any atom is 0.263 e. The molecular formula is C22H24N4O2S. The fraction of sp³-hybridized carbons (Fsp3) is 0.364. The summed E-state index contributed by atoms with van der Waals surface area (Å²) in [6.45, 7) is 4.62. The molecule has 0 unspecified atom stereocenters. The molecule has 2 aliphatic rings. The maximum absolute atomic E-state index is 12.9. The smallest absolute Gasteiger partial charge is 0.263 e. The predicted molar refractivity (Wildman–Crippen MR) is 117 cm³/mol. The summed E-state index contributed by atoms with van der Waals surface area (Å²) in [7, 11) is 0. The number of carbonyl (C=O) groups is 1. The molecule has 1 aromatic carbocycles. The highest BCUT2D eigenvalue weighted by molar-refractivity contribution is 7.21. The van der Waals surface area contributed by atoms with E-state index in [1.54, 1.807) is 0 Å². The number of aromatic nitrogens is 1. The minimum absolute atomic E-state index is 0.0769. The number of aryl methyl sites for hydroxylation is 1. The second-order valence-electron chi connectivity index (χ2n) is 7.82. The lowest BCUT2D eigenvalue weighted by molar-refractivity contribution is 0.0920. The Labute approximate surface area is 173 Å². The fourth-order valence-corrected chi connectivity index (χ4v) is 5.18. The largest absolute Gasteiger partial charge is 0.491 e. The molecule has 2 aliphatic heterocycles. The summed E-state index contributed by atoms with van der Waals surface area (Å²) >= 11 is 1.34. The minimum Gasteiger partial charge on any atom is -0.491 e. The molecule has 3 aromatic rings. The second kappa shape index (κ2) is 7.22. The summed E-state index contributed by atoms with van der Waals surface area (Å²) in [5, 5.41) is 3.93. The van der Waals surface area contributed by atoms with Crippen LogP contribution in [0.3, 0.4) is 0 Å². The first-order valence-corrected chi connectivity index (χ1v) is 10.9. The third-order valence-electron chi connectivity index (χ3n) is 5.70. The first kappa shape index (κ1) is 18.2. The quantitative estimate of drug-likeness (QED) is 0.693. The van der Waals surface area contributed by atoms with Crippen molar-refractivity contribution in [1.29, 1.82) is 0 Å². The fourth-order valence-electron chi connectivity index (χ4n) is 4.13. The number of thiophene rings is 1.